The van der Waals surface area contributed by atoms with Crippen LogP contribution < -0.4 is 35.7 Å². The molecular formula is C62H79N3O10. The lowest BCUT2D eigenvalue weighted by atomic mass is 9.84. The van der Waals surface area contributed by atoms with Crippen molar-refractivity contribution in [2.24, 2.45) is 17.4 Å². The van der Waals surface area contributed by atoms with Crippen LogP contribution in [0.2, 0.25) is 0 Å². The van der Waals surface area contributed by atoms with Crippen LogP contribution in [0.4, 0.5) is 0 Å². The molecule has 0 spiro atoms. The van der Waals surface area contributed by atoms with E-state index in [1.807, 2.05) is 62.4 Å². The molecule has 0 saturated heterocycles. The molecule has 13 heteroatoms. The Hall–Kier alpha value is -6.99. The standard InChI is InChI=1S/C62H79N3O10/c1-10-12-13-29-73-50-26-27-51(44(11-2)34-50)45-19-17-42(18-20-45)33-47(35-56(66)54(63)38-60(69)75-62(5,6)7)61(70)65-55(16-14-15-43-31-40(3)30-41(4)32-43)57(67)37-53(52-28-25-49(71-8)36-58(52)72-9)46-21-23-48(24-22-46)74-39-59(64)68/h17-28,30-32,34,36,47,53-55H,10-16,29,33,35,37-39,63H2,1-9H3,(H2,64,68)(H,65,70)/t47-,53?,54+,55+/m1/s1. The van der Waals surface area contributed by atoms with Crippen LogP contribution in [0.3, 0.4) is 0 Å². The number of amides is 2. The first-order valence-electron chi connectivity index (χ1n) is 26.3. The maximum atomic E-state index is 15.1. The molecule has 0 heterocycles. The maximum Gasteiger partial charge on any atom is 0.308 e. The van der Waals surface area contributed by atoms with Crippen molar-refractivity contribution in [3.63, 3.8) is 0 Å². The number of nitrogens with two attached hydrogens (primary N) is 2. The predicted octanol–water partition coefficient (Wildman–Crippen LogP) is 10.5. The van der Waals surface area contributed by atoms with E-state index in [1.165, 1.54) is 0 Å². The molecule has 0 saturated carbocycles. The number of carbonyl (C=O) groups excluding carboxylic acids is 5. The second-order valence-electron chi connectivity index (χ2n) is 20.5. The molecule has 1 unspecified atom stereocenters. The Bertz CT molecular complexity index is 2670. The number of ether oxygens (including phenoxy) is 5. The van der Waals surface area contributed by atoms with Gasteiger partial charge in [0.1, 0.15) is 28.6 Å². The molecule has 2 amide bonds. The van der Waals surface area contributed by atoms with Crippen LogP contribution in [-0.2, 0) is 48.0 Å². The van der Waals surface area contributed by atoms with E-state index in [0.29, 0.717) is 48.7 Å². The fraction of sp³-hybridized carbons (Fsp3) is 0.435. The first-order valence-corrected chi connectivity index (χ1v) is 26.3. The Morgan fingerprint density at radius 1 is 0.680 bits per heavy atom. The normalized spacial score (nSPS) is 12.9. The minimum atomic E-state index is -1.22. The summed E-state index contributed by atoms with van der Waals surface area (Å²) in [5.41, 5.74) is 19.8. The summed E-state index contributed by atoms with van der Waals surface area (Å²) in [5, 5.41) is 3.13. The number of ketones is 2. The minimum absolute atomic E-state index is 0.0454. The summed E-state index contributed by atoms with van der Waals surface area (Å²) >= 11 is 0. The monoisotopic (exact) mass is 1030 g/mol. The number of esters is 1. The number of primary amides is 1. The van der Waals surface area contributed by atoms with Crippen LogP contribution in [0, 0.1) is 19.8 Å². The SMILES string of the molecule is CCCCCOc1ccc(-c2ccc(C[C@H](CC(=O)[C@@H](N)CC(=O)OC(C)(C)C)C(=O)N[C@@H](CCCc3cc(C)cc(C)c3)C(=O)CC(c3ccc(OCC(N)=O)cc3)c3ccc(OC)cc3OC)cc2)c(CC)c1. The van der Waals surface area contributed by atoms with Crippen LogP contribution in [0.15, 0.2) is 103 Å². The van der Waals surface area contributed by atoms with Crippen LogP contribution >= 0.6 is 0 Å². The lowest BCUT2D eigenvalue weighted by Gasteiger charge is -2.26. The van der Waals surface area contributed by atoms with Gasteiger partial charge in [-0.05, 0) is 137 Å². The first kappa shape index (κ1) is 58.9. The van der Waals surface area contributed by atoms with Gasteiger partial charge in [0.05, 0.1) is 39.3 Å². The summed E-state index contributed by atoms with van der Waals surface area (Å²) < 4.78 is 28.5. The summed E-state index contributed by atoms with van der Waals surface area (Å²) in [5.74, 6) is -1.62. The zero-order chi connectivity index (χ0) is 54.7. The van der Waals surface area contributed by atoms with Crippen molar-refractivity contribution in [3.05, 3.63) is 142 Å². The minimum Gasteiger partial charge on any atom is -0.497 e. The average molecular weight is 1030 g/mol. The number of aryl methyl sites for hydroxylation is 4. The lowest BCUT2D eigenvalue weighted by molar-refractivity contribution is -0.156. The third-order valence-corrected chi connectivity index (χ3v) is 13.1. The smallest absolute Gasteiger partial charge is 0.308 e. The Morgan fingerprint density at radius 3 is 1.99 bits per heavy atom. The van der Waals surface area contributed by atoms with Gasteiger partial charge in [-0.25, -0.2) is 0 Å². The second kappa shape index (κ2) is 28.6. The molecule has 5 aromatic rings. The number of nitrogens with one attached hydrogen (secondary N) is 1. The summed E-state index contributed by atoms with van der Waals surface area (Å²) in [7, 11) is 3.11. The largest absolute Gasteiger partial charge is 0.497 e. The van der Waals surface area contributed by atoms with E-state index in [4.69, 9.17) is 35.2 Å². The van der Waals surface area contributed by atoms with Gasteiger partial charge in [0.15, 0.2) is 18.2 Å². The summed E-state index contributed by atoms with van der Waals surface area (Å²) in [6, 6.07) is 30.8. The first-order chi connectivity index (χ1) is 35.8. The molecule has 0 aliphatic carbocycles. The average Bonchev–Trinajstić information content (AvgIpc) is 3.37. The van der Waals surface area contributed by atoms with Crippen molar-refractivity contribution in [2.75, 3.05) is 27.4 Å². The molecule has 5 rings (SSSR count). The van der Waals surface area contributed by atoms with Crippen LogP contribution in [-0.4, -0.2) is 74.5 Å². The molecule has 5 aromatic carbocycles. The van der Waals surface area contributed by atoms with Gasteiger partial charge >= 0.3 is 5.97 Å². The second-order valence-corrected chi connectivity index (χ2v) is 20.5. The Labute approximate surface area is 444 Å². The van der Waals surface area contributed by atoms with Crippen LogP contribution in [0.25, 0.3) is 11.1 Å². The molecule has 0 bridgehead atoms. The summed E-state index contributed by atoms with van der Waals surface area (Å²) in [6.07, 6.45) is 5.05. The summed E-state index contributed by atoms with van der Waals surface area (Å²) in [4.78, 5) is 68.4. The van der Waals surface area contributed by atoms with Gasteiger partial charge in [-0.15, -0.1) is 0 Å². The molecule has 0 aliphatic rings. The molecule has 5 N–H and O–H groups in total. The highest BCUT2D eigenvalue weighted by Gasteiger charge is 2.32. The lowest BCUT2D eigenvalue weighted by Crippen LogP contribution is -2.46. The Kier molecular flexibility index (Phi) is 22.5. The zero-order valence-electron chi connectivity index (χ0n) is 45.6. The molecule has 0 fully saturated rings. The van der Waals surface area contributed by atoms with Gasteiger partial charge in [-0.1, -0.05) is 105 Å². The number of methoxy groups -OCH3 is 2. The van der Waals surface area contributed by atoms with Crippen molar-refractivity contribution in [1.29, 1.82) is 0 Å². The Balaban J connectivity index is 1.49. The highest BCUT2D eigenvalue weighted by Crippen LogP contribution is 2.38. The molecule has 0 aliphatic heterocycles. The number of unbranched alkanes of at least 4 members (excludes halogenated alkanes) is 2. The van der Waals surface area contributed by atoms with E-state index in [1.54, 1.807) is 59.3 Å². The van der Waals surface area contributed by atoms with E-state index in [0.717, 1.165) is 75.9 Å². The fourth-order valence-electron chi connectivity index (χ4n) is 9.34. The highest BCUT2D eigenvalue weighted by atomic mass is 16.6. The number of hydrogen-bond donors (Lipinski definition) is 3. The molecule has 0 aromatic heterocycles. The van der Waals surface area contributed by atoms with E-state index < -0.39 is 53.1 Å². The van der Waals surface area contributed by atoms with Gasteiger partial charge < -0.3 is 40.5 Å². The molecular weight excluding hydrogens is 947 g/mol. The van der Waals surface area contributed by atoms with Gasteiger partial charge in [0, 0.05) is 36.3 Å². The van der Waals surface area contributed by atoms with Crippen molar-refractivity contribution >= 4 is 29.4 Å². The van der Waals surface area contributed by atoms with E-state index >= 15 is 4.79 Å². The summed E-state index contributed by atoms with van der Waals surface area (Å²) in [6.45, 7) is 14.0. The van der Waals surface area contributed by atoms with E-state index in [9.17, 15) is 19.2 Å². The molecule has 402 valence electrons. The number of benzene rings is 5. The third-order valence-electron chi connectivity index (χ3n) is 13.1. The predicted molar refractivity (Wildman–Crippen MR) is 294 cm³/mol. The Morgan fingerprint density at radius 2 is 1.36 bits per heavy atom. The van der Waals surface area contributed by atoms with Gasteiger partial charge in [-0.2, -0.15) is 0 Å². The third kappa shape index (κ3) is 18.7. The zero-order valence-corrected chi connectivity index (χ0v) is 45.6. The number of rotatable bonds is 30. The van der Waals surface area contributed by atoms with Crippen molar-refractivity contribution in [2.45, 2.75) is 143 Å². The molecule has 75 heavy (non-hydrogen) atoms. The molecule has 0 radical (unpaired) electrons. The van der Waals surface area contributed by atoms with Crippen LogP contribution in [0.1, 0.15) is 131 Å². The maximum absolute atomic E-state index is 15.1. The van der Waals surface area contributed by atoms with Gasteiger partial charge in [0.2, 0.25) is 5.91 Å². The van der Waals surface area contributed by atoms with Crippen molar-refractivity contribution in [1.82, 2.24) is 5.32 Å². The van der Waals surface area contributed by atoms with E-state index in [-0.39, 0.29) is 38.1 Å². The quantitative estimate of drug-likeness (QED) is 0.0292. The van der Waals surface area contributed by atoms with Crippen molar-refractivity contribution < 1.29 is 47.7 Å². The fourth-order valence-corrected chi connectivity index (χ4v) is 9.34. The highest BCUT2D eigenvalue weighted by molar-refractivity contribution is 5.94. The molecule has 13 nitrogen and oxygen atoms in total. The number of hydrogen-bond acceptors (Lipinski definition) is 11. The number of Topliss-reactive ketones (excluding diaryl/α,β-unsaturated/α-hetero) is 2. The van der Waals surface area contributed by atoms with Crippen molar-refractivity contribution in [3.8, 4) is 34.1 Å². The van der Waals surface area contributed by atoms with E-state index in [2.05, 4.69) is 49.5 Å². The molecule has 4 atom stereocenters. The topological polar surface area (TPSA) is 196 Å². The van der Waals surface area contributed by atoms with Gasteiger partial charge in [-0.3, -0.25) is 24.0 Å². The number of carbonyl (C=O) groups is 5. The van der Waals surface area contributed by atoms with Crippen LogP contribution in [0.5, 0.6) is 23.0 Å². The van der Waals surface area contributed by atoms with Gasteiger partial charge in [0.25, 0.3) is 5.91 Å².